The van der Waals surface area contributed by atoms with E-state index in [1.54, 1.807) is 45.0 Å². The second-order valence-electron chi connectivity index (χ2n) is 8.90. The number of carbonyl (C=O) groups is 5. The maximum atomic E-state index is 12.6. The van der Waals surface area contributed by atoms with Crippen molar-refractivity contribution in [1.82, 2.24) is 20.4 Å². The van der Waals surface area contributed by atoms with Crippen LogP contribution in [-0.4, -0.2) is 110 Å². The van der Waals surface area contributed by atoms with Gasteiger partial charge in [0.05, 0.1) is 26.3 Å². The number of hydrogen-bond acceptors (Lipinski definition) is 10. The van der Waals surface area contributed by atoms with Crippen molar-refractivity contribution in [3.8, 4) is 0 Å². The van der Waals surface area contributed by atoms with Gasteiger partial charge in [0, 0.05) is 30.9 Å². The van der Waals surface area contributed by atoms with Crippen LogP contribution in [0.5, 0.6) is 0 Å². The first kappa shape index (κ1) is 29.4. The van der Waals surface area contributed by atoms with Crippen LogP contribution >= 0.6 is 0 Å². The van der Waals surface area contributed by atoms with Crippen molar-refractivity contribution in [2.45, 2.75) is 32.9 Å². The summed E-state index contributed by atoms with van der Waals surface area (Å²) in [5.41, 5.74) is 0.942. The zero-order valence-corrected chi connectivity index (χ0v) is 22.2. The molecule has 2 atom stereocenters. The molecule has 1 aromatic rings. The molecule has 0 saturated carbocycles. The van der Waals surface area contributed by atoms with Gasteiger partial charge in [-0.2, -0.15) is 0 Å². The van der Waals surface area contributed by atoms with Crippen LogP contribution in [0.15, 0.2) is 24.3 Å². The molecule has 2 heterocycles. The molecule has 1 aromatic carbocycles. The molecule has 2 saturated heterocycles. The van der Waals surface area contributed by atoms with E-state index in [-0.39, 0.29) is 44.6 Å². The van der Waals surface area contributed by atoms with Crippen molar-refractivity contribution < 1.29 is 38.2 Å². The highest BCUT2D eigenvalue weighted by molar-refractivity contribution is 6.06. The lowest BCUT2D eigenvalue weighted by atomic mass is 10.1. The van der Waals surface area contributed by atoms with Crippen LogP contribution in [0.1, 0.15) is 26.3 Å². The molecule has 212 valence electrons. The van der Waals surface area contributed by atoms with Crippen molar-refractivity contribution in [1.29, 1.82) is 5.41 Å². The van der Waals surface area contributed by atoms with Gasteiger partial charge >= 0.3 is 24.1 Å². The molecule has 2 unspecified atom stereocenters. The molecule has 0 aliphatic carbocycles. The maximum Gasteiger partial charge on any atom is 0.414 e. The number of benzene rings is 1. The van der Waals surface area contributed by atoms with Gasteiger partial charge in [0.25, 0.3) is 0 Å². The Morgan fingerprint density at radius 1 is 1.10 bits per heavy atom. The molecule has 14 heteroatoms. The first-order valence-electron chi connectivity index (χ1n) is 12.7. The fraction of sp³-hybridized carbons (Fsp3) is 0.520. The molecule has 0 aromatic heterocycles. The molecule has 14 nitrogen and oxygen atoms in total. The topological polar surface area (TPSA) is 171 Å². The number of nitrogens with one attached hydrogen (secondary N) is 3. The number of ether oxygens (including phenoxy) is 3. The Kier molecular flexibility index (Phi) is 10.2. The standard InChI is InChI=1S/C25H34N6O8/c1-4-37-21(33)12-27-24(35)28-22(26)17-6-8-18(9-7-17)31-14-19(39-25(31)36)13-29-10-11-30(20(32)15-29)16(3)23(34)38-5-2/h6-9,16,19H,4-5,10-15H2,1-3H3,(H3,26,27,28,35). The zero-order valence-electron chi connectivity index (χ0n) is 22.2. The molecule has 2 aliphatic rings. The molecular formula is C25H34N6O8. The van der Waals surface area contributed by atoms with Crippen LogP contribution in [0.3, 0.4) is 0 Å². The number of carbonyl (C=O) groups excluding carboxylic acids is 5. The maximum absolute atomic E-state index is 12.6. The SMILES string of the molecule is CCOC(=O)CNC(=O)NC(=N)c1ccc(N2CC(CN3CCN(C(C)C(=O)OCC)C(=O)C3)OC2=O)cc1. The summed E-state index contributed by atoms with van der Waals surface area (Å²) in [6, 6.07) is 5.03. The number of nitrogens with zero attached hydrogens (tertiary/aromatic N) is 3. The fourth-order valence-electron chi connectivity index (χ4n) is 4.21. The van der Waals surface area contributed by atoms with E-state index in [0.29, 0.717) is 30.9 Å². The van der Waals surface area contributed by atoms with Crippen molar-refractivity contribution in [2.24, 2.45) is 0 Å². The van der Waals surface area contributed by atoms with Gasteiger partial charge in [-0.1, -0.05) is 0 Å². The normalized spacial score (nSPS) is 18.3. The molecule has 3 rings (SSSR count). The van der Waals surface area contributed by atoms with Crippen LogP contribution in [0.25, 0.3) is 0 Å². The highest BCUT2D eigenvalue weighted by Crippen LogP contribution is 2.23. The molecule has 2 fully saturated rings. The Morgan fingerprint density at radius 3 is 2.44 bits per heavy atom. The summed E-state index contributed by atoms with van der Waals surface area (Å²) in [5, 5.41) is 12.7. The summed E-state index contributed by atoms with van der Waals surface area (Å²) in [7, 11) is 0. The number of cyclic esters (lactones) is 1. The van der Waals surface area contributed by atoms with E-state index in [4.69, 9.17) is 19.6 Å². The highest BCUT2D eigenvalue weighted by Gasteiger charge is 2.37. The van der Waals surface area contributed by atoms with E-state index >= 15 is 0 Å². The predicted octanol–water partition coefficient (Wildman–Crippen LogP) is 0.295. The monoisotopic (exact) mass is 546 g/mol. The van der Waals surface area contributed by atoms with E-state index in [9.17, 15) is 24.0 Å². The number of piperazine rings is 1. The molecule has 0 radical (unpaired) electrons. The van der Waals surface area contributed by atoms with Gasteiger partial charge in [0.15, 0.2) is 0 Å². The minimum absolute atomic E-state index is 0.106. The predicted molar refractivity (Wildman–Crippen MR) is 138 cm³/mol. The fourth-order valence-corrected chi connectivity index (χ4v) is 4.21. The van der Waals surface area contributed by atoms with Crippen molar-refractivity contribution >= 4 is 41.5 Å². The van der Waals surface area contributed by atoms with Crippen LogP contribution in [-0.2, 0) is 28.6 Å². The van der Waals surface area contributed by atoms with Gasteiger partial charge in [0.1, 0.15) is 24.5 Å². The quantitative estimate of drug-likeness (QED) is 0.162. The first-order chi connectivity index (χ1) is 18.6. The smallest absolute Gasteiger partial charge is 0.414 e. The lowest BCUT2D eigenvalue weighted by Gasteiger charge is -2.37. The first-order valence-corrected chi connectivity index (χ1v) is 12.7. The second kappa shape index (κ2) is 13.6. The van der Waals surface area contributed by atoms with Gasteiger partial charge in [0.2, 0.25) is 5.91 Å². The summed E-state index contributed by atoms with van der Waals surface area (Å²) in [6.45, 7) is 6.78. The van der Waals surface area contributed by atoms with Crippen LogP contribution in [0.4, 0.5) is 15.3 Å². The van der Waals surface area contributed by atoms with Gasteiger partial charge < -0.3 is 24.4 Å². The van der Waals surface area contributed by atoms with Crippen LogP contribution < -0.4 is 15.5 Å². The van der Waals surface area contributed by atoms with Crippen LogP contribution in [0.2, 0.25) is 0 Å². The van der Waals surface area contributed by atoms with Crippen molar-refractivity contribution in [3.63, 3.8) is 0 Å². The minimum atomic E-state index is -0.724. The Hall–Kier alpha value is -4.20. The van der Waals surface area contributed by atoms with E-state index in [2.05, 4.69) is 10.6 Å². The average Bonchev–Trinajstić information content (AvgIpc) is 3.27. The van der Waals surface area contributed by atoms with E-state index in [1.807, 2.05) is 4.90 Å². The minimum Gasteiger partial charge on any atom is -0.465 e. The van der Waals surface area contributed by atoms with E-state index in [1.165, 1.54) is 9.80 Å². The lowest BCUT2D eigenvalue weighted by Crippen LogP contribution is -2.56. The van der Waals surface area contributed by atoms with E-state index < -0.39 is 36.2 Å². The second-order valence-corrected chi connectivity index (χ2v) is 8.90. The number of urea groups is 1. The Labute approximate surface area is 226 Å². The summed E-state index contributed by atoms with van der Waals surface area (Å²) >= 11 is 0. The van der Waals surface area contributed by atoms with Gasteiger partial charge in [-0.05, 0) is 45.0 Å². The number of hydrogen-bond donors (Lipinski definition) is 3. The Balaban J connectivity index is 1.48. The molecule has 3 N–H and O–H groups in total. The molecule has 4 amide bonds. The highest BCUT2D eigenvalue weighted by atomic mass is 16.6. The summed E-state index contributed by atoms with van der Waals surface area (Å²) in [5.74, 6) is -1.40. The third kappa shape index (κ3) is 7.89. The number of esters is 2. The van der Waals surface area contributed by atoms with Gasteiger partial charge in [-0.3, -0.25) is 30.1 Å². The van der Waals surface area contributed by atoms with Crippen molar-refractivity contribution in [3.05, 3.63) is 29.8 Å². The molecule has 0 bridgehead atoms. The molecule has 39 heavy (non-hydrogen) atoms. The zero-order chi connectivity index (χ0) is 28.5. The number of rotatable bonds is 10. The largest absolute Gasteiger partial charge is 0.465 e. The van der Waals surface area contributed by atoms with Crippen LogP contribution in [0, 0.1) is 5.41 Å². The molecule has 0 spiro atoms. The summed E-state index contributed by atoms with van der Waals surface area (Å²) in [6.07, 6.45) is -0.984. The van der Waals surface area contributed by atoms with Crippen molar-refractivity contribution in [2.75, 3.05) is 57.4 Å². The summed E-state index contributed by atoms with van der Waals surface area (Å²) in [4.78, 5) is 65.2. The third-order valence-electron chi connectivity index (χ3n) is 6.17. The Morgan fingerprint density at radius 2 is 1.79 bits per heavy atom. The summed E-state index contributed by atoms with van der Waals surface area (Å²) < 4.78 is 15.2. The number of amides is 4. The van der Waals surface area contributed by atoms with Gasteiger partial charge in [-0.15, -0.1) is 0 Å². The average molecular weight is 547 g/mol. The number of anilines is 1. The lowest BCUT2D eigenvalue weighted by molar-refractivity contribution is -0.156. The molecular weight excluding hydrogens is 512 g/mol. The number of amidine groups is 1. The van der Waals surface area contributed by atoms with Gasteiger partial charge in [-0.25, -0.2) is 14.4 Å². The third-order valence-corrected chi connectivity index (χ3v) is 6.17. The Bertz CT molecular complexity index is 1090. The molecule has 2 aliphatic heterocycles. The van der Waals surface area contributed by atoms with E-state index in [0.717, 1.165) is 0 Å².